The lowest BCUT2D eigenvalue weighted by molar-refractivity contribution is 0.460. The smallest absolute Gasteiger partial charge is 0.265 e. The van der Waals surface area contributed by atoms with Crippen molar-refractivity contribution in [1.29, 1.82) is 0 Å². The summed E-state index contributed by atoms with van der Waals surface area (Å²) in [5, 5.41) is 9.06. The fourth-order valence-corrected chi connectivity index (χ4v) is 2.03. The van der Waals surface area contributed by atoms with Crippen molar-refractivity contribution in [3.8, 4) is 5.75 Å². The van der Waals surface area contributed by atoms with Gasteiger partial charge in [0.2, 0.25) is 0 Å². The summed E-state index contributed by atoms with van der Waals surface area (Å²) in [5.41, 5.74) is 0. The SMILES string of the molecule is O=S(=O)(Cl)c1ccc(Cl)c(Cl)c1O. The summed E-state index contributed by atoms with van der Waals surface area (Å²) in [6, 6.07) is 2.31. The normalized spacial score (nSPS) is 11.6. The van der Waals surface area contributed by atoms with Gasteiger partial charge in [-0.25, -0.2) is 8.42 Å². The van der Waals surface area contributed by atoms with Gasteiger partial charge >= 0.3 is 0 Å². The van der Waals surface area contributed by atoms with Crippen LogP contribution in [0.5, 0.6) is 5.75 Å². The molecule has 0 atom stereocenters. The zero-order valence-corrected chi connectivity index (χ0v) is 9.04. The monoisotopic (exact) mass is 260 g/mol. The molecule has 0 saturated heterocycles. The third-order valence-corrected chi connectivity index (χ3v) is 3.44. The van der Waals surface area contributed by atoms with Crippen molar-refractivity contribution in [3.05, 3.63) is 22.2 Å². The Labute approximate surface area is 89.3 Å². The summed E-state index contributed by atoms with van der Waals surface area (Å²) in [5.74, 6) is -0.635. The minimum absolute atomic E-state index is 0.0585. The molecule has 0 aliphatic rings. The third-order valence-electron chi connectivity index (χ3n) is 1.29. The molecule has 13 heavy (non-hydrogen) atoms. The van der Waals surface area contributed by atoms with E-state index < -0.39 is 19.7 Å². The maximum absolute atomic E-state index is 10.8. The number of hydrogen-bond donors (Lipinski definition) is 1. The first-order valence-electron chi connectivity index (χ1n) is 2.95. The fraction of sp³-hybridized carbons (Fsp3) is 0. The predicted octanol–water partition coefficient (Wildman–Crippen LogP) is 2.63. The highest BCUT2D eigenvalue weighted by Gasteiger charge is 2.19. The van der Waals surface area contributed by atoms with Crippen molar-refractivity contribution >= 4 is 42.9 Å². The molecular weight excluding hydrogens is 258 g/mol. The Morgan fingerprint density at radius 3 is 2.23 bits per heavy atom. The van der Waals surface area contributed by atoms with E-state index in [1.807, 2.05) is 0 Å². The van der Waals surface area contributed by atoms with E-state index in [-0.39, 0.29) is 10.0 Å². The van der Waals surface area contributed by atoms with Crippen molar-refractivity contribution in [3.63, 3.8) is 0 Å². The average Bonchev–Trinajstić information content (AvgIpc) is 1.98. The highest BCUT2D eigenvalue weighted by molar-refractivity contribution is 8.13. The highest BCUT2D eigenvalue weighted by Crippen LogP contribution is 2.37. The molecule has 1 N–H and O–H groups in total. The third kappa shape index (κ3) is 2.20. The lowest BCUT2D eigenvalue weighted by atomic mass is 10.3. The van der Waals surface area contributed by atoms with Crippen LogP contribution in [-0.4, -0.2) is 13.5 Å². The Hall–Kier alpha value is -0.160. The number of aromatic hydroxyl groups is 1. The molecule has 0 heterocycles. The van der Waals surface area contributed by atoms with E-state index in [2.05, 4.69) is 0 Å². The number of benzene rings is 1. The van der Waals surface area contributed by atoms with Crippen LogP contribution in [0.15, 0.2) is 17.0 Å². The Morgan fingerprint density at radius 2 is 1.77 bits per heavy atom. The van der Waals surface area contributed by atoms with E-state index >= 15 is 0 Å². The van der Waals surface area contributed by atoms with Gasteiger partial charge in [0, 0.05) is 10.7 Å². The second kappa shape index (κ2) is 3.53. The van der Waals surface area contributed by atoms with Crippen LogP contribution in [-0.2, 0) is 9.05 Å². The topological polar surface area (TPSA) is 54.4 Å². The lowest BCUT2D eigenvalue weighted by Crippen LogP contribution is -1.91. The van der Waals surface area contributed by atoms with Crippen LogP contribution in [0.4, 0.5) is 0 Å². The van der Waals surface area contributed by atoms with Crippen LogP contribution in [0.2, 0.25) is 10.0 Å². The number of hydrogen-bond acceptors (Lipinski definition) is 3. The van der Waals surface area contributed by atoms with E-state index in [1.54, 1.807) is 0 Å². The van der Waals surface area contributed by atoms with E-state index in [0.717, 1.165) is 6.07 Å². The summed E-state index contributed by atoms with van der Waals surface area (Å²) in [7, 11) is 1.01. The molecule has 0 unspecified atom stereocenters. The maximum Gasteiger partial charge on any atom is 0.265 e. The Kier molecular flexibility index (Phi) is 2.97. The van der Waals surface area contributed by atoms with Gasteiger partial charge in [0.05, 0.1) is 5.02 Å². The molecule has 1 rings (SSSR count). The summed E-state index contributed by atoms with van der Waals surface area (Å²) in [4.78, 5) is -0.455. The van der Waals surface area contributed by atoms with Crippen LogP contribution < -0.4 is 0 Å². The Balaban J connectivity index is 3.53. The predicted molar refractivity (Wildman–Crippen MR) is 51.2 cm³/mol. The summed E-state index contributed by atoms with van der Waals surface area (Å²) in [6.07, 6.45) is 0. The molecule has 0 aromatic heterocycles. The highest BCUT2D eigenvalue weighted by atomic mass is 35.7. The van der Waals surface area contributed by atoms with Gasteiger partial charge < -0.3 is 5.11 Å². The average molecular weight is 262 g/mol. The Bertz CT molecular complexity index is 441. The van der Waals surface area contributed by atoms with Gasteiger partial charge in [0.1, 0.15) is 9.92 Å². The molecule has 0 spiro atoms. The molecular formula is C6H3Cl3O3S. The van der Waals surface area contributed by atoms with Crippen molar-refractivity contribution < 1.29 is 13.5 Å². The van der Waals surface area contributed by atoms with E-state index in [1.165, 1.54) is 6.07 Å². The minimum Gasteiger partial charge on any atom is -0.505 e. The van der Waals surface area contributed by atoms with E-state index in [0.29, 0.717) is 0 Å². The number of rotatable bonds is 1. The molecule has 0 fully saturated rings. The summed E-state index contributed by atoms with van der Waals surface area (Å²) >= 11 is 11.0. The molecule has 3 nitrogen and oxygen atoms in total. The van der Waals surface area contributed by atoms with Crippen molar-refractivity contribution in [1.82, 2.24) is 0 Å². The van der Waals surface area contributed by atoms with E-state index in [4.69, 9.17) is 33.9 Å². The Morgan fingerprint density at radius 1 is 1.23 bits per heavy atom. The molecule has 1 aromatic rings. The molecule has 0 aliphatic carbocycles. The first kappa shape index (κ1) is 10.9. The number of phenolic OH excluding ortho intramolecular Hbond substituents is 1. The van der Waals surface area contributed by atoms with Crippen LogP contribution in [0.3, 0.4) is 0 Å². The van der Waals surface area contributed by atoms with Crippen LogP contribution in [0, 0.1) is 0 Å². The molecule has 0 amide bonds. The molecule has 0 bridgehead atoms. The second-order valence-electron chi connectivity index (χ2n) is 2.15. The summed E-state index contributed by atoms with van der Waals surface area (Å²) in [6.45, 7) is 0. The largest absolute Gasteiger partial charge is 0.505 e. The quantitative estimate of drug-likeness (QED) is 0.791. The molecule has 0 saturated carbocycles. The molecule has 1 aromatic carbocycles. The lowest BCUT2D eigenvalue weighted by Gasteiger charge is -2.03. The zero-order chi connectivity index (χ0) is 10.2. The first-order valence-corrected chi connectivity index (χ1v) is 6.02. The van der Waals surface area contributed by atoms with Gasteiger partial charge in [0.25, 0.3) is 9.05 Å². The maximum atomic E-state index is 10.8. The van der Waals surface area contributed by atoms with Gasteiger partial charge in [-0.15, -0.1) is 0 Å². The van der Waals surface area contributed by atoms with Crippen LogP contribution in [0.25, 0.3) is 0 Å². The molecule has 0 radical (unpaired) electrons. The van der Waals surface area contributed by atoms with Gasteiger partial charge in [-0.3, -0.25) is 0 Å². The van der Waals surface area contributed by atoms with Gasteiger partial charge in [-0.05, 0) is 12.1 Å². The van der Waals surface area contributed by atoms with Gasteiger partial charge in [-0.2, -0.15) is 0 Å². The fourth-order valence-electron chi connectivity index (χ4n) is 0.719. The molecule has 0 aliphatic heterocycles. The van der Waals surface area contributed by atoms with Crippen LogP contribution >= 0.6 is 33.9 Å². The molecule has 72 valence electrons. The van der Waals surface area contributed by atoms with Gasteiger partial charge in [-0.1, -0.05) is 23.2 Å². The van der Waals surface area contributed by atoms with Gasteiger partial charge in [0.15, 0.2) is 5.75 Å². The standard InChI is InChI=1S/C6H3Cl3O3S/c7-3-1-2-4(13(9,11)12)6(10)5(3)8/h1-2,10H. The van der Waals surface area contributed by atoms with Crippen molar-refractivity contribution in [2.75, 3.05) is 0 Å². The van der Waals surface area contributed by atoms with Crippen molar-refractivity contribution in [2.45, 2.75) is 4.90 Å². The number of halogens is 3. The number of phenols is 1. The molecule has 7 heteroatoms. The zero-order valence-electron chi connectivity index (χ0n) is 5.96. The minimum atomic E-state index is -3.99. The van der Waals surface area contributed by atoms with E-state index in [9.17, 15) is 13.5 Å². The first-order chi connectivity index (χ1) is 5.84. The summed E-state index contributed by atoms with van der Waals surface area (Å²) < 4.78 is 21.6. The van der Waals surface area contributed by atoms with Crippen LogP contribution in [0.1, 0.15) is 0 Å². The second-order valence-corrected chi connectivity index (χ2v) is 5.47. The van der Waals surface area contributed by atoms with Crippen molar-refractivity contribution in [2.24, 2.45) is 0 Å².